The molecule has 0 aliphatic heterocycles. The summed E-state index contributed by atoms with van der Waals surface area (Å²) in [4.78, 5) is 4.36. The van der Waals surface area contributed by atoms with E-state index in [-0.39, 0.29) is 4.90 Å². The number of pyridine rings is 1. The Kier molecular flexibility index (Phi) is 6.69. The minimum absolute atomic E-state index is 0.169. The van der Waals surface area contributed by atoms with Gasteiger partial charge in [0.05, 0.1) is 12.8 Å². The fraction of sp³-hybridized carbons (Fsp3) is 0.273. The summed E-state index contributed by atoms with van der Waals surface area (Å²) >= 11 is 0. The zero-order valence-electron chi connectivity index (χ0n) is 17.6. The average Bonchev–Trinajstić information content (AvgIpc) is 2.77. The number of aromatic nitrogens is 1. The van der Waals surface area contributed by atoms with Crippen molar-refractivity contribution in [1.82, 2.24) is 9.29 Å². The van der Waals surface area contributed by atoms with Gasteiger partial charge in [0, 0.05) is 19.3 Å². The van der Waals surface area contributed by atoms with E-state index in [0.29, 0.717) is 18.9 Å². The number of methoxy groups -OCH3 is 1. The maximum Gasteiger partial charge on any atom is 0.244 e. The first-order valence-corrected chi connectivity index (χ1v) is 11.2. The van der Waals surface area contributed by atoms with E-state index in [4.69, 9.17) is 4.74 Å². The number of sulfonamides is 1. The molecule has 0 aliphatic rings. The summed E-state index contributed by atoms with van der Waals surface area (Å²) in [6.07, 6.45) is 1.35. The molecule has 0 saturated carbocycles. The van der Waals surface area contributed by atoms with Crippen molar-refractivity contribution in [1.29, 1.82) is 0 Å². The molecule has 0 aliphatic carbocycles. The predicted molar refractivity (Wildman–Crippen MR) is 121 cm³/mol. The van der Waals surface area contributed by atoms with Gasteiger partial charge >= 0.3 is 0 Å². The summed E-state index contributed by atoms with van der Waals surface area (Å²) in [5, 5.41) is 6.56. The molecular weight excluding hydrogens is 400 g/mol. The molecule has 0 atom stereocenters. The molecular formula is C22H26N4O3S. The van der Waals surface area contributed by atoms with Crippen LogP contribution in [0.1, 0.15) is 26.3 Å². The molecule has 158 valence electrons. The van der Waals surface area contributed by atoms with Crippen LogP contribution in [0.25, 0.3) is 10.8 Å². The van der Waals surface area contributed by atoms with Gasteiger partial charge in [0.2, 0.25) is 10.0 Å². The predicted octanol–water partition coefficient (Wildman–Crippen LogP) is 4.11. The molecule has 8 heteroatoms. The van der Waals surface area contributed by atoms with Gasteiger partial charge < -0.3 is 4.74 Å². The second-order valence-electron chi connectivity index (χ2n) is 6.71. The summed E-state index contributed by atoms with van der Waals surface area (Å²) in [7, 11) is -1.87. The van der Waals surface area contributed by atoms with Crippen molar-refractivity contribution in [2.45, 2.75) is 25.7 Å². The summed E-state index contributed by atoms with van der Waals surface area (Å²) < 4.78 is 31.7. The van der Waals surface area contributed by atoms with Crippen molar-refractivity contribution in [3.05, 3.63) is 60.3 Å². The van der Waals surface area contributed by atoms with Crippen LogP contribution in [0.3, 0.4) is 0 Å². The van der Waals surface area contributed by atoms with Gasteiger partial charge in [-0.05, 0) is 53.6 Å². The van der Waals surface area contributed by atoms with Crippen molar-refractivity contribution in [2.75, 3.05) is 25.6 Å². The third kappa shape index (κ3) is 4.60. The number of nitrogens with one attached hydrogen (secondary N) is 1. The second-order valence-corrected chi connectivity index (χ2v) is 8.64. The number of rotatable bonds is 8. The molecule has 1 aromatic heterocycles. The number of benzene rings is 2. The van der Waals surface area contributed by atoms with Crippen LogP contribution in [0, 0.1) is 0 Å². The Labute approximate surface area is 177 Å². The molecule has 0 fully saturated rings. The van der Waals surface area contributed by atoms with Crippen LogP contribution in [0.5, 0.6) is 5.75 Å². The van der Waals surface area contributed by atoms with E-state index in [2.05, 4.69) is 21.6 Å². The van der Waals surface area contributed by atoms with Crippen LogP contribution < -0.4 is 10.2 Å². The molecule has 0 amide bonds. The molecule has 3 aromatic rings. The van der Waals surface area contributed by atoms with Gasteiger partial charge in [0.25, 0.3) is 0 Å². The van der Waals surface area contributed by atoms with E-state index in [9.17, 15) is 8.42 Å². The lowest BCUT2D eigenvalue weighted by Crippen LogP contribution is -2.30. The third-order valence-corrected chi connectivity index (χ3v) is 6.92. The van der Waals surface area contributed by atoms with Crippen molar-refractivity contribution in [3.8, 4) is 5.75 Å². The lowest BCUT2D eigenvalue weighted by Gasteiger charge is -2.18. The van der Waals surface area contributed by atoms with Crippen LogP contribution in [0.15, 0.2) is 64.7 Å². The minimum atomic E-state index is -3.52. The van der Waals surface area contributed by atoms with Crippen LogP contribution in [-0.4, -0.2) is 43.6 Å². The van der Waals surface area contributed by atoms with Crippen LogP contribution >= 0.6 is 0 Å². The number of hydrogen-bond acceptors (Lipinski definition) is 6. The van der Waals surface area contributed by atoms with Crippen molar-refractivity contribution >= 4 is 32.3 Å². The first-order valence-electron chi connectivity index (χ1n) is 9.73. The highest BCUT2D eigenvalue weighted by atomic mass is 32.2. The number of fused-ring (bicyclic) bond motifs is 1. The van der Waals surface area contributed by atoms with Crippen molar-refractivity contribution < 1.29 is 13.2 Å². The fourth-order valence-electron chi connectivity index (χ4n) is 3.09. The lowest BCUT2D eigenvalue weighted by atomic mass is 10.0. The Bertz CT molecular complexity index is 1150. The van der Waals surface area contributed by atoms with Crippen LogP contribution in [-0.2, 0) is 10.0 Å². The molecule has 1 N–H and O–H groups in total. The van der Waals surface area contributed by atoms with E-state index in [1.807, 2.05) is 51.1 Å². The molecule has 1 heterocycles. The highest BCUT2D eigenvalue weighted by Gasteiger charge is 2.21. The largest absolute Gasteiger partial charge is 0.497 e. The Morgan fingerprint density at radius 3 is 2.40 bits per heavy atom. The summed E-state index contributed by atoms with van der Waals surface area (Å²) in [5.74, 6) is 1.29. The quantitative estimate of drug-likeness (QED) is 0.433. The molecule has 30 heavy (non-hydrogen) atoms. The third-order valence-electron chi connectivity index (χ3n) is 4.88. The van der Waals surface area contributed by atoms with Crippen LogP contribution in [0.4, 0.5) is 5.82 Å². The Morgan fingerprint density at radius 1 is 1.07 bits per heavy atom. The number of ether oxygens (including phenoxy) is 1. The number of hydrazone groups is 1. The van der Waals surface area contributed by atoms with Gasteiger partial charge in [-0.25, -0.2) is 13.4 Å². The molecule has 0 radical (unpaired) electrons. The van der Waals surface area contributed by atoms with Gasteiger partial charge in [-0.1, -0.05) is 32.0 Å². The Hall–Kier alpha value is -2.97. The first-order chi connectivity index (χ1) is 14.4. The minimum Gasteiger partial charge on any atom is -0.497 e. The number of anilines is 1. The monoisotopic (exact) mass is 426 g/mol. The highest BCUT2D eigenvalue weighted by Crippen LogP contribution is 2.22. The lowest BCUT2D eigenvalue weighted by molar-refractivity contribution is 0.415. The highest BCUT2D eigenvalue weighted by molar-refractivity contribution is 7.89. The van der Waals surface area contributed by atoms with Gasteiger partial charge in [0.1, 0.15) is 16.5 Å². The normalized spacial score (nSPS) is 12.4. The Balaban J connectivity index is 1.76. The second kappa shape index (κ2) is 9.23. The van der Waals surface area contributed by atoms with E-state index >= 15 is 0 Å². The Morgan fingerprint density at radius 2 is 1.77 bits per heavy atom. The van der Waals surface area contributed by atoms with Gasteiger partial charge in [-0.2, -0.15) is 9.41 Å². The SMILES string of the molecule is CCN(CC)S(=O)(=O)c1ccc(N/N=C(/C)c2ccc3cc(OC)ccc3c2)nc1. The molecule has 0 spiro atoms. The van der Waals surface area contributed by atoms with Gasteiger partial charge in [-0.15, -0.1) is 0 Å². The standard InChI is InChI=1S/C22H26N4O3S/c1-5-26(6-2)30(27,28)21-11-12-22(23-15-21)25-24-16(3)17-7-8-19-14-20(29-4)10-9-18(19)13-17/h7-15H,5-6H2,1-4H3,(H,23,25)/b24-16-. The van der Waals surface area contributed by atoms with E-state index in [1.54, 1.807) is 13.2 Å². The molecule has 3 rings (SSSR count). The smallest absolute Gasteiger partial charge is 0.244 e. The van der Waals surface area contributed by atoms with Gasteiger partial charge in [0.15, 0.2) is 0 Å². The topological polar surface area (TPSA) is 83.9 Å². The molecule has 0 saturated heterocycles. The van der Waals surface area contributed by atoms with Crippen molar-refractivity contribution in [2.24, 2.45) is 5.10 Å². The van der Waals surface area contributed by atoms with Crippen LogP contribution in [0.2, 0.25) is 0 Å². The summed E-state index contributed by atoms with van der Waals surface area (Å²) in [6.45, 7) is 6.36. The molecule has 0 bridgehead atoms. The van der Waals surface area contributed by atoms with Crippen molar-refractivity contribution in [3.63, 3.8) is 0 Å². The maximum atomic E-state index is 12.5. The van der Waals surface area contributed by atoms with E-state index in [0.717, 1.165) is 27.8 Å². The van der Waals surface area contributed by atoms with Gasteiger partial charge in [-0.3, -0.25) is 5.43 Å². The fourth-order valence-corrected chi connectivity index (χ4v) is 4.50. The zero-order valence-corrected chi connectivity index (χ0v) is 18.4. The van der Waals surface area contributed by atoms with E-state index in [1.165, 1.54) is 16.6 Å². The number of hydrogen-bond donors (Lipinski definition) is 1. The zero-order chi connectivity index (χ0) is 21.7. The summed E-state index contributed by atoms with van der Waals surface area (Å²) in [5.41, 5.74) is 4.65. The summed E-state index contributed by atoms with van der Waals surface area (Å²) in [6, 6.07) is 15.2. The maximum absolute atomic E-state index is 12.5. The average molecular weight is 427 g/mol. The number of nitrogens with zero attached hydrogens (tertiary/aromatic N) is 3. The van der Waals surface area contributed by atoms with E-state index < -0.39 is 10.0 Å². The first kappa shape index (κ1) is 21.7. The molecule has 0 unspecified atom stereocenters. The molecule has 7 nitrogen and oxygen atoms in total. The molecule has 2 aromatic carbocycles.